The second kappa shape index (κ2) is 4.29. The maximum atomic E-state index is 10.6. The molecule has 0 spiro atoms. The Morgan fingerprint density at radius 1 is 0.667 bits per heavy atom. The van der Waals surface area contributed by atoms with Crippen LogP contribution in [0.1, 0.15) is 19.3 Å². The minimum absolute atomic E-state index is 0.131. The highest BCUT2D eigenvalue weighted by Gasteiger charge is 2.30. The highest BCUT2D eigenvalue weighted by Crippen LogP contribution is 2.32. The van der Waals surface area contributed by atoms with Crippen molar-refractivity contribution < 1.29 is 29.7 Å². The zero-order valence-corrected chi connectivity index (χ0v) is 7.80. The molecule has 1 fully saturated rings. The topological polar surface area (TPSA) is 120 Å². The number of carboxylic acids is 3. The maximum absolute atomic E-state index is 10.6. The van der Waals surface area contributed by atoms with Crippen LogP contribution < -0.4 is 15.3 Å². The van der Waals surface area contributed by atoms with E-state index in [2.05, 4.69) is 0 Å². The average molecular weight is 213 g/mol. The molecule has 0 atom stereocenters. The van der Waals surface area contributed by atoms with E-state index in [0.29, 0.717) is 0 Å². The smallest absolute Gasteiger partial charge is 0.0445 e. The summed E-state index contributed by atoms with van der Waals surface area (Å²) in [5.41, 5.74) is 0. The molecule has 0 unspecified atom stereocenters. The van der Waals surface area contributed by atoms with Crippen molar-refractivity contribution in [1.82, 2.24) is 0 Å². The van der Waals surface area contributed by atoms with Crippen LogP contribution in [-0.2, 0) is 14.4 Å². The van der Waals surface area contributed by atoms with Gasteiger partial charge in [-0.05, 0) is 37.0 Å². The summed E-state index contributed by atoms with van der Waals surface area (Å²) in [6, 6.07) is 0. The van der Waals surface area contributed by atoms with Crippen LogP contribution in [0.4, 0.5) is 0 Å². The van der Waals surface area contributed by atoms with Gasteiger partial charge in [-0.15, -0.1) is 0 Å². The first kappa shape index (κ1) is 11.5. The van der Waals surface area contributed by atoms with Crippen LogP contribution in [0, 0.1) is 17.8 Å². The number of carboxylic acid groups (broad SMARTS) is 3. The zero-order valence-electron chi connectivity index (χ0n) is 7.80. The van der Waals surface area contributed by atoms with Crippen LogP contribution in [-0.4, -0.2) is 17.9 Å². The molecule has 0 aromatic heterocycles. The molecule has 84 valence electrons. The van der Waals surface area contributed by atoms with Crippen molar-refractivity contribution in [1.29, 1.82) is 0 Å². The summed E-state index contributed by atoms with van der Waals surface area (Å²) in [7, 11) is 0. The fourth-order valence-electron chi connectivity index (χ4n) is 1.90. The van der Waals surface area contributed by atoms with Gasteiger partial charge in [0.05, 0.1) is 0 Å². The standard InChI is InChI=1S/C9H12O6/c10-7(11)4-1-5(8(12)13)3-6(2-4)9(14)15/h4-6H,1-3H2,(H,10,11)(H,12,13)(H,14,15)/p-3. The van der Waals surface area contributed by atoms with E-state index in [1.54, 1.807) is 0 Å². The van der Waals surface area contributed by atoms with Gasteiger partial charge in [-0.2, -0.15) is 0 Å². The lowest BCUT2D eigenvalue weighted by molar-refractivity contribution is -0.323. The molecule has 0 aromatic rings. The number of aliphatic carboxylic acids is 3. The van der Waals surface area contributed by atoms with Gasteiger partial charge in [-0.1, -0.05) is 0 Å². The molecule has 0 N–H and O–H groups in total. The second-order valence-corrected chi connectivity index (χ2v) is 3.75. The maximum Gasteiger partial charge on any atom is 0.0445 e. The van der Waals surface area contributed by atoms with Gasteiger partial charge in [0.2, 0.25) is 0 Å². The van der Waals surface area contributed by atoms with Gasteiger partial charge < -0.3 is 29.7 Å². The Bertz CT molecular complexity index is 243. The molecule has 1 rings (SSSR count). The third-order valence-electron chi connectivity index (χ3n) is 2.71. The number of hydrogen-bond acceptors (Lipinski definition) is 6. The fourth-order valence-corrected chi connectivity index (χ4v) is 1.90. The van der Waals surface area contributed by atoms with E-state index in [1.807, 2.05) is 0 Å². The predicted molar refractivity (Wildman–Crippen MR) is 39.3 cm³/mol. The molecule has 0 amide bonds. The summed E-state index contributed by atoms with van der Waals surface area (Å²) < 4.78 is 0. The van der Waals surface area contributed by atoms with Crippen LogP contribution >= 0.6 is 0 Å². The summed E-state index contributed by atoms with van der Waals surface area (Å²) in [5, 5.41) is 31.7. The van der Waals surface area contributed by atoms with Crippen molar-refractivity contribution in [2.45, 2.75) is 19.3 Å². The van der Waals surface area contributed by atoms with E-state index >= 15 is 0 Å². The van der Waals surface area contributed by atoms with Gasteiger partial charge in [-0.25, -0.2) is 0 Å². The lowest BCUT2D eigenvalue weighted by atomic mass is 9.75. The molecular formula is C9H9O6-3. The highest BCUT2D eigenvalue weighted by atomic mass is 16.4. The Morgan fingerprint density at radius 3 is 1.00 bits per heavy atom. The molecule has 0 radical (unpaired) electrons. The predicted octanol–water partition coefficient (Wildman–Crippen LogP) is -3.73. The molecule has 0 saturated heterocycles. The molecule has 1 aliphatic rings. The van der Waals surface area contributed by atoms with E-state index < -0.39 is 35.7 Å². The summed E-state index contributed by atoms with van der Waals surface area (Å²) in [5.74, 6) is -7.43. The van der Waals surface area contributed by atoms with Crippen LogP contribution in [0.2, 0.25) is 0 Å². The van der Waals surface area contributed by atoms with Crippen molar-refractivity contribution in [3.05, 3.63) is 0 Å². The quantitative estimate of drug-likeness (QED) is 0.475. The van der Waals surface area contributed by atoms with Crippen LogP contribution in [0.5, 0.6) is 0 Å². The van der Waals surface area contributed by atoms with E-state index in [9.17, 15) is 29.7 Å². The van der Waals surface area contributed by atoms with Crippen molar-refractivity contribution in [2.75, 3.05) is 0 Å². The van der Waals surface area contributed by atoms with Gasteiger partial charge in [0.1, 0.15) is 0 Å². The number of rotatable bonds is 3. The van der Waals surface area contributed by atoms with E-state index in [-0.39, 0.29) is 19.3 Å². The van der Waals surface area contributed by atoms with E-state index in [0.717, 1.165) is 0 Å². The molecule has 0 aromatic carbocycles. The lowest BCUT2D eigenvalue weighted by Gasteiger charge is -2.36. The molecule has 6 nitrogen and oxygen atoms in total. The molecule has 0 aliphatic heterocycles. The van der Waals surface area contributed by atoms with Crippen LogP contribution in [0.3, 0.4) is 0 Å². The number of carbonyl (C=O) groups excluding carboxylic acids is 3. The van der Waals surface area contributed by atoms with Gasteiger partial charge in [-0.3, -0.25) is 0 Å². The normalized spacial score (nSPS) is 30.8. The van der Waals surface area contributed by atoms with Gasteiger partial charge in [0.25, 0.3) is 0 Å². The molecular weight excluding hydrogens is 204 g/mol. The molecule has 0 heterocycles. The minimum Gasteiger partial charge on any atom is -0.550 e. The Balaban J connectivity index is 2.77. The molecule has 6 heteroatoms. The molecule has 15 heavy (non-hydrogen) atoms. The van der Waals surface area contributed by atoms with Gasteiger partial charge in [0, 0.05) is 17.9 Å². The third-order valence-corrected chi connectivity index (χ3v) is 2.71. The van der Waals surface area contributed by atoms with E-state index in [1.165, 1.54) is 0 Å². The van der Waals surface area contributed by atoms with Crippen molar-refractivity contribution >= 4 is 17.9 Å². The third kappa shape index (κ3) is 2.68. The Labute approximate surface area is 85.5 Å². The Kier molecular flexibility index (Phi) is 3.28. The van der Waals surface area contributed by atoms with Crippen LogP contribution in [0.25, 0.3) is 0 Å². The number of hydrogen-bond donors (Lipinski definition) is 0. The highest BCUT2D eigenvalue weighted by molar-refractivity contribution is 5.76. The van der Waals surface area contributed by atoms with E-state index in [4.69, 9.17) is 0 Å². The fraction of sp³-hybridized carbons (Fsp3) is 0.667. The zero-order chi connectivity index (χ0) is 11.6. The summed E-state index contributed by atoms with van der Waals surface area (Å²) in [6.45, 7) is 0. The largest absolute Gasteiger partial charge is 0.550 e. The number of carbonyl (C=O) groups is 3. The first-order valence-corrected chi connectivity index (χ1v) is 4.54. The molecule has 1 aliphatic carbocycles. The monoisotopic (exact) mass is 213 g/mol. The Morgan fingerprint density at radius 2 is 0.867 bits per heavy atom. The summed E-state index contributed by atoms with van der Waals surface area (Å²) >= 11 is 0. The lowest BCUT2D eigenvalue weighted by Crippen LogP contribution is -2.46. The first-order valence-electron chi connectivity index (χ1n) is 4.54. The summed E-state index contributed by atoms with van der Waals surface area (Å²) in [4.78, 5) is 31.7. The minimum atomic E-state index is -1.42. The summed E-state index contributed by atoms with van der Waals surface area (Å²) in [6.07, 6.45) is -0.392. The van der Waals surface area contributed by atoms with Gasteiger partial charge >= 0.3 is 0 Å². The second-order valence-electron chi connectivity index (χ2n) is 3.75. The SMILES string of the molecule is O=C([O-])C1CC(C(=O)[O-])CC(C(=O)[O-])C1. The van der Waals surface area contributed by atoms with Crippen molar-refractivity contribution in [2.24, 2.45) is 17.8 Å². The Hall–Kier alpha value is -1.59. The molecule has 1 saturated carbocycles. The van der Waals surface area contributed by atoms with Crippen LogP contribution in [0.15, 0.2) is 0 Å². The molecule has 0 bridgehead atoms. The van der Waals surface area contributed by atoms with Crippen molar-refractivity contribution in [3.8, 4) is 0 Å². The first-order chi connectivity index (χ1) is 6.91. The van der Waals surface area contributed by atoms with Crippen molar-refractivity contribution in [3.63, 3.8) is 0 Å². The van der Waals surface area contributed by atoms with Gasteiger partial charge in [0.15, 0.2) is 0 Å². The average Bonchev–Trinajstić information content (AvgIpc) is 2.16.